The van der Waals surface area contributed by atoms with Gasteiger partial charge in [0.25, 0.3) is 0 Å². The lowest BCUT2D eigenvalue weighted by molar-refractivity contribution is 0.111. The van der Waals surface area contributed by atoms with Crippen LogP contribution >= 0.6 is 0 Å². The highest BCUT2D eigenvalue weighted by atomic mass is 16.6. The Balaban J connectivity index is 0.000000211. The molecular weight excluding hydrogens is 811 g/mol. The number of likely N-dealkylation sites (tertiary alicyclic amines) is 2. The summed E-state index contributed by atoms with van der Waals surface area (Å²) in [4.78, 5) is 39.8. The van der Waals surface area contributed by atoms with E-state index in [2.05, 4.69) is 21.0 Å². The van der Waals surface area contributed by atoms with Crippen LogP contribution in [0, 0.1) is 25.7 Å². The Labute approximate surface area is 374 Å². The van der Waals surface area contributed by atoms with Crippen LogP contribution in [0.25, 0.3) is 0 Å². The average Bonchev–Trinajstić information content (AvgIpc) is 3.32. The van der Waals surface area contributed by atoms with E-state index < -0.39 is 6.09 Å². The molecule has 2 aliphatic rings. The van der Waals surface area contributed by atoms with Crippen molar-refractivity contribution < 1.29 is 38.4 Å². The van der Waals surface area contributed by atoms with Crippen LogP contribution in [-0.2, 0) is 12.8 Å². The summed E-state index contributed by atoms with van der Waals surface area (Å²) in [7, 11) is 0. The minimum absolute atomic E-state index is 0.297. The van der Waals surface area contributed by atoms with Gasteiger partial charge < -0.3 is 38.6 Å². The summed E-state index contributed by atoms with van der Waals surface area (Å²) >= 11 is 0. The highest BCUT2D eigenvalue weighted by Crippen LogP contribution is 2.27. The molecule has 2 saturated heterocycles. The van der Waals surface area contributed by atoms with Crippen LogP contribution in [0.15, 0.2) is 134 Å². The summed E-state index contributed by atoms with van der Waals surface area (Å²) in [6.45, 7) is 7.69. The van der Waals surface area contributed by atoms with Gasteiger partial charge in [0.1, 0.15) is 28.7 Å². The van der Waals surface area contributed by atoms with Crippen LogP contribution < -0.4 is 23.7 Å². The van der Waals surface area contributed by atoms with Gasteiger partial charge in [-0.2, -0.15) is 0 Å². The predicted octanol–water partition coefficient (Wildman–Crippen LogP) is 10.6. The second-order valence-corrected chi connectivity index (χ2v) is 16.0. The predicted molar refractivity (Wildman–Crippen MR) is 243 cm³/mol. The van der Waals surface area contributed by atoms with E-state index in [0.717, 1.165) is 67.0 Å². The largest absolute Gasteiger partial charge is 0.493 e. The van der Waals surface area contributed by atoms with Crippen molar-refractivity contribution in [3.63, 3.8) is 0 Å². The molecule has 8 rings (SSSR count). The van der Waals surface area contributed by atoms with Gasteiger partial charge in [-0.1, -0.05) is 30.3 Å². The number of piperidine rings is 2. The van der Waals surface area contributed by atoms with Crippen LogP contribution in [0.5, 0.6) is 40.5 Å². The number of hydrogen-bond acceptors (Lipinski definition) is 10. The van der Waals surface area contributed by atoms with Gasteiger partial charge in [-0.05, 0) is 154 Å². The normalized spacial score (nSPS) is 14.2. The fourth-order valence-corrected chi connectivity index (χ4v) is 7.27. The SMILES string of the molecule is Cc1ccc(Oc2ccc(OCC3CCN(C(=O)O)CC3)cc2)nc1.Cc1cccc(CCc2ccc(OC(=O)N3CCC(COc4ccc(Oc5ccccn5)cc4)CC3)cc2)n1. The number of aromatic nitrogens is 3. The molecule has 13 nitrogen and oxygen atoms in total. The molecule has 13 heteroatoms. The van der Waals surface area contributed by atoms with Crippen LogP contribution in [0.4, 0.5) is 9.59 Å². The molecule has 1 N–H and O–H groups in total. The number of ether oxygens (including phenoxy) is 5. The van der Waals surface area contributed by atoms with Crippen LogP contribution in [0.1, 0.15) is 48.2 Å². The summed E-state index contributed by atoms with van der Waals surface area (Å²) in [5.74, 6) is 5.46. The summed E-state index contributed by atoms with van der Waals surface area (Å²) in [6.07, 6.45) is 7.54. The van der Waals surface area contributed by atoms with E-state index in [4.69, 9.17) is 28.8 Å². The first-order valence-electron chi connectivity index (χ1n) is 21.8. The third-order valence-electron chi connectivity index (χ3n) is 11.1. The Hall–Kier alpha value is -7.15. The van der Waals surface area contributed by atoms with Crippen molar-refractivity contribution in [2.75, 3.05) is 39.4 Å². The summed E-state index contributed by atoms with van der Waals surface area (Å²) in [5.41, 5.74) is 4.40. The number of carboxylic acid groups (broad SMARTS) is 1. The van der Waals surface area contributed by atoms with Gasteiger partial charge in [-0.3, -0.25) is 4.98 Å². The summed E-state index contributed by atoms with van der Waals surface area (Å²) in [5, 5.41) is 8.96. The highest BCUT2D eigenvalue weighted by molar-refractivity contribution is 5.70. The molecule has 0 spiro atoms. The van der Waals surface area contributed by atoms with Crippen molar-refractivity contribution in [1.29, 1.82) is 0 Å². The topological polar surface area (TPSA) is 146 Å². The quantitative estimate of drug-likeness (QED) is 0.112. The van der Waals surface area contributed by atoms with Crippen molar-refractivity contribution >= 4 is 12.2 Å². The molecule has 332 valence electrons. The fraction of sp³-hybridized carbons (Fsp3) is 0.314. The van der Waals surface area contributed by atoms with Gasteiger partial charge in [0.05, 0.1) is 13.2 Å². The molecule has 0 radical (unpaired) electrons. The minimum Gasteiger partial charge on any atom is -0.493 e. The number of nitrogens with zero attached hydrogens (tertiary/aromatic N) is 5. The molecule has 0 bridgehead atoms. The minimum atomic E-state index is -0.835. The summed E-state index contributed by atoms with van der Waals surface area (Å²) in [6, 6.07) is 38.2. The molecule has 64 heavy (non-hydrogen) atoms. The van der Waals surface area contributed by atoms with E-state index in [9.17, 15) is 9.59 Å². The Morgan fingerprint density at radius 3 is 1.69 bits per heavy atom. The zero-order valence-corrected chi connectivity index (χ0v) is 36.4. The van der Waals surface area contributed by atoms with Crippen molar-refractivity contribution in [2.24, 2.45) is 11.8 Å². The molecule has 0 atom stereocenters. The van der Waals surface area contributed by atoms with Crippen LogP contribution in [0.3, 0.4) is 0 Å². The molecule has 3 aromatic carbocycles. The maximum Gasteiger partial charge on any atom is 0.415 e. The third-order valence-corrected chi connectivity index (χ3v) is 11.1. The van der Waals surface area contributed by atoms with Gasteiger partial charge in [0.2, 0.25) is 11.8 Å². The first-order valence-corrected chi connectivity index (χ1v) is 21.8. The Morgan fingerprint density at radius 1 is 0.594 bits per heavy atom. The second kappa shape index (κ2) is 22.8. The summed E-state index contributed by atoms with van der Waals surface area (Å²) < 4.78 is 28.9. The standard InChI is InChI=1S/C32H33N3O4.C19H22N2O4/c1-24-5-4-6-27(34-24)11-8-25-9-12-30(13-10-25)39-32(36)35-21-18-26(19-22-35)23-37-28-14-16-29(17-15-28)38-31-7-2-3-20-33-31;1-14-2-7-18(20-12-14)25-17-5-3-16(4-6-17)24-13-15-8-10-21(11-9-15)19(22)23/h2-7,9-10,12-17,20,26H,8,11,18-19,21-23H2,1H3;2-7,12,15H,8-11,13H2,1H3,(H,22,23). The number of carbonyl (C=O) groups is 2. The van der Waals surface area contributed by atoms with E-state index in [1.807, 2.05) is 129 Å². The van der Waals surface area contributed by atoms with Crippen LogP contribution in [0.2, 0.25) is 0 Å². The third kappa shape index (κ3) is 14.2. The van der Waals surface area contributed by atoms with Crippen LogP contribution in [-0.4, -0.2) is 81.4 Å². The lowest BCUT2D eigenvalue weighted by atomic mass is 9.98. The van der Waals surface area contributed by atoms with Gasteiger partial charge in [-0.15, -0.1) is 0 Å². The number of pyridine rings is 3. The van der Waals surface area contributed by atoms with E-state index in [1.165, 1.54) is 10.5 Å². The Morgan fingerprint density at radius 2 is 1.16 bits per heavy atom. The first kappa shape index (κ1) is 44.9. The van der Waals surface area contributed by atoms with E-state index >= 15 is 0 Å². The first-order chi connectivity index (χ1) is 31.2. The van der Waals surface area contributed by atoms with Crippen molar-refractivity contribution in [1.82, 2.24) is 24.8 Å². The van der Waals surface area contributed by atoms with E-state index in [1.54, 1.807) is 17.3 Å². The second-order valence-electron chi connectivity index (χ2n) is 16.0. The highest BCUT2D eigenvalue weighted by Gasteiger charge is 2.25. The molecular formula is C51H55N5O8. The molecule has 0 aliphatic carbocycles. The zero-order chi connectivity index (χ0) is 44.5. The molecule has 6 aromatic rings. The number of amides is 2. The maximum atomic E-state index is 12.7. The van der Waals surface area contributed by atoms with Crippen molar-refractivity contribution in [2.45, 2.75) is 52.4 Å². The number of carbonyl (C=O) groups excluding carboxylic acids is 1. The van der Waals surface area contributed by atoms with Gasteiger partial charge in [-0.25, -0.2) is 19.6 Å². The Kier molecular flexibility index (Phi) is 16.0. The van der Waals surface area contributed by atoms with Gasteiger partial charge in [0.15, 0.2) is 0 Å². The van der Waals surface area contributed by atoms with Crippen molar-refractivity contribution in [3.05, 3.63) is 156 Å². The molecule has 0 saturated carbocycles. The monoisotopic (exact) mass is 865 g/mol. The molecule has 0 unspecified atom stereocenters. The smallest absolute Gasteiger partial charge is 0.415 e. The number of rotatable bonds is 14. The molecule has 2 aliphatic heterocycles. The maximum absolute atomic E-state index is 12.7. The van der Waals surface area contributed by atoms with Crippen molar-refractivity contribution in [3.8, 4) is 40.5 Å². The average molecular weight is 866 g/mol. The Bertz CT molecular complexity index is 2350. The van der Waals surface area contributed by atoms with Gasteiger partial charge in [0, 0.05) is 62.1 Å². The van der Waals surface area contributed by atoms with E-state index in [-0.39, 0.29) is 6.09 Å². The zero-order valence-electron chi connectivity index (χ0n) is 36.4. The number of benzene rings is 3. The molecule has 3 aromatic heterocycles. The van der Waals surface area contributed by atoms with Gasteiger partial charge >= 0.3 is 12.2 Å². The fourth-order valence-electron chi connectivity index (χ4n) is 7.27. The molecule has 5 heterocycles. The lowest BCUT2D eigenvalue weighted by Crippen LogP contribution is -2.41. The lowest BCUT2D eigenvalue weighted by Gasteiger charge is -2.31. The molecule has 2 fully saturated rings. The number of aryl methyl sites for hydroxylation is 4. The molecule has 2 amide bonds. The number of hydrogen-bond donors (Lipinski definition) is 1. The van der Waals surface area contributed by atoms with E-state index in [0.29, 0.717) is 80.2 Å².